The zero-order valence-electron chi connectivity index (χ0n) is 18.5. The van der Waals surface area contributed by atoms with Crippen LogP contribution in [0, 0.1) is 20.8 Å². The second kappa shape index (κ2) is 8.02. The summed E-state index contributed by atoms with van der Waals surface area (Å²) in [4.78, 5) is 30.5. The van der Waals surface area contributed by atoms with Gasteiger partial charge in [-0.1, -0.05) is 6.07 Å². The smallest absolute Gasteiger partial charge is 0.338 e. The number of hydrogen-bond donors (Lipinski definition) is 1. The van der Waals surface area contributed by atoms with Crippen molar-refractivity contribution in [3.63, 3.8) is 0 Å². The lowest BCUT2D eigenvalue weighted by molar-refractivity contribution is -0.119. The highest BCUT2D eigenvalue weighted by molar-refractivity contribution is 5.92. The summed E-state index contributed by atoms with van der Waals surface area (Å²) in [5, 5.41) is 7.75. The molecule has 1 N–H and O–H groups in total. The Hall–Kier alpha value is -3.42. The van der Waals surface area contributed by atoms with Crippen LogP contribution in [-0.4, -0.2) is 52.7 Å². The number of amides is 1. The number of carbonyl (C=O) groups excluding carboxylic acids is 2. The van der Waals surface area contributed by atoms with E-state index in [0.29, 0.717) is 5.56 Å². The maximum atomic E-state index is 12.0. The van der Waals surface area contributed by atoms with E-state index < -0.39 is 0 Å². The van der Waals surface area contributed by atoms with Crippen LogP contribution in [0.25, 0.3) is 16.9 Å². The van der Waals surface area contributed by atoms with Crippen LogP contribution in [-0.2, 0) is 9.53 Å². The summed E-state index contributed by atoms with van der Waals surface area (Å²) >= 11 is 0. The molecule has 0 spiro atoms. The predicted octanol–water partition coefficient (Wildman–Crippen LogP) is 2.82. The van der Waals surface area contributed by atoms with E-state index in [4.69, 9.17) is 14.8 Å². The number of aromatic nitrogens is 3. The van der Waals surface area contributed by atoms with Crippen molar-refractivity contribution >= 4 is 23.2 Å². The monoisotopic (exact) mass is 421 g/mol. The van der Waals surface area contributed by atoms with E-state index in [2.05, 4.69) is 10.2 Å². The quantitative estimate of drug-likeness (QED) is 0.652. The van der Waals surface area contributed by atoms with Gasteiger partial charge in [-0.25, -0.2) is 14.3 Å². The third-order valence-corrected chi connectivity index (χ3v) is 5.70. The molecule has 1 aromatic carbocycles. The Kier molecular flexibility index (Phi) is 5.39. The van der Waals surface area contributed by atoms with Crippen molar-refractivity contribution in [2.24, 2.45) is 0 Å². The molecule has 1 aliphatic heterocycles. The number of fused-ring (bicyclic) bond motifs is 1. The van der Waals surface area contributed by atoms with E-state index >= 15 is 0 Å². The van der Waals surface area contributed by atoms with Crippen LogP contribution in [0.4, 0.5) is 5.69 Å². The minimum absolute atomic E-state index is 0.00683. The minimum atomic E-state index is -0.349. The van der Waals surface area contributed by atoms with Gasteiger partial charge in [0.05, 0.1) is 35.4 Å². The van der Waals surface area contributed by atoms with Crippen LogP contribution in [0.1, 0.15) is 40.7 Å². The maximum absolute atomic E-state index is 12.0. The number of imidazole rings is 1. The first kappa shape index (κ1) is 20.8. The highest BCUT2D eigenvalue weighted by atomic mass is 16.5. The number of anilines is 1. The van der Waals surface area contributed by atoms with Crippen LogP contribution in [0.5, 0.6) is 0 Å². The second-order valence-electron chi connectivity index (χ2n) is 8.11. The number of methoxy groups -OCH3 is 1. The molecule has 0 aliphatic carbocycles. The zero-order valence-corrected chi connectivity index (χ0v) is 18.5. The Balaban J connectivity index is 1.78. The van der Waals surface area contributed by atoms with Crippen molar-refractivity contribution in [1.82, 2.24) is 19.9 Å². The van der Waals surface area contributed by atoms with Crippen molar-refractivity contribution in [3.8, 4) is 11.3 Å². The van der Waals surface area contributed by atoms with Gasteiger partial charge in [0, 0.05) is 31.6 Å². The van der Waals surface area contributed by atoms with Gasteiger partial charge in [-0.15, -0.1) is 0 Å². The van der Waals surface area contributed by atoms with Crippen molar-refractivity contribution in [2.45, 2.75) is 40.2 Å². The van der Waals surface area contributed by atoms with Gasteiger partial charge in [0.25, 0.3) is 0 Å². The lowest BCUT2D eigenvalue weighted by Crippen LogP contribution is -2.35. The third-order valence-electron chi connectivity index (χ3n) is 5.70. The Morgan fingerprint density at radius 2 is 1.97 bits per heavy atom. The average Bonchev–Trinajstić information content (AvgIpc) is 3.29. The molecule has 0 bridgehead atoms. The first-order chi connectivity index (χ1) is 14.8. The Morgan fingerprint density at radius 3 is 2.65 bits per heavy atom. The van der Waals surface area contributed by atoms with Gasteiger partial charge in [-0.2, -0.15) is 5.10 Å². The zero-order chi connectivity index (χ0) is 22.3. The number of esters is 1. The summed E-state index contributed by atoms with van der Waals surface area (Å²) in [6.07, 6.45) is 0.897. The highest BCUT2D eigenvalue weighted by Crippen LogP contribution is 2.32. The van der Waals surface area contributed by atoms with E-state index in [1.807, 2.05) is 43.5 Å². The number of benzene rings is 1. The molecule has 8 nitrogen and oxygen atoms in total. The standard InChI is InChI=1S/C23H27N5O3/c1-13-10-17(6-7-19(13)23(30)31-5)21-15(3)24-22-20(11-14(2)26-28(21)22)27-9-8-18(12-27)25-16(4)29/h6-7,10-11,18H,8-9,12H2,1-5H3,(H,25,29)/t18-/m1/s1. The van der Waals surface area contributed by atoms with E-state index in [1.165, 1.54) is 7.11 Å². The number of nitrogens with one attached hydrogen (secondary N) is 1. The summed E-state index contributed by atoms with van der Waals surface area (Å²) in [6, 6.07) is 7.84. The van der Waals surface area contributed by atoms with Gasteiger partial charge in [0.2, 0.25) is 5.91 Å². The SMILES string of the molecule is COC(=O)c1ccc(-c2c(C)nc3c(N4CC[C@@H](NC(C)=O)C4)cc(C)nn23)cc1C. The van der Waals surface area contributed by atoms with Crippen LogP contribution < -0.4 is 10.2 Å². The molecular formula is C23H27N5O3. The van der Waals surface area contributed by atoms with E-state index in [1.54, 1.807) is 13.0 Å². The molecule has 0 unspecified atom stereocenters. The van der Waals surface area contributed by atoms with Crippen LogP contribution in [0.3, 0.4) is 0 Å². The summed E-state index contributed by atoms with van der Waals surface area (Å²) in [7, 11) is 1.38. The van der Waals surface area contributed by atoms with Crippen molar-refractivity contribution < 1.29 is 14.3 Å². The van der Waals surface area contributed by atoms with Crippen molar-refractivity contribution in [2.75, 3.05) is 25.1 Å². The topological polar surface area (TPSA) is 88.8 Å². The van der Waals surface area contributed by atoms with E-state index in [9.17, 15) is 9.59 Å². The van der Waals surface area contributed by atoms with Crippen LogP contribution in [0.2, 0.25) is 0 Å². The number of hydrogen-bond acceptors (Lipinski definition) is 6. The number of ether oxygens (including phenoxy) is 1. The summed E-state index contributed by atoms with van der Waals surface area (Å²) in [5.74, 6) is -0.356. The number of aryl methyl sites for hydroxylation is 3. The lowest BCUT2D eigenvalue weighted by atomic mass is 10.0. The molecule has 4 rings (SSSR count). The van der Waals surface area contributed by atoms with Gasteiger partial charge in [0.15, 0.2) is 5.65 Å². The molecule has 3 heterocycles. The molecule has 2 aromatic heterocycles. The lowest BCUT2D eigenvalue weighted by Gasteiger charge is -2.20. The molecule has 3 aromatic rings. The largest absolute Gasteiger partial charge is 0.465 e. The normalized spacial score (nSPS) is 16.0. The van der Waals surface area contributed by atoms with E-state index in [-0.39, 0.29) is 17.9 Å². The number of nitrogens with zero attached hydrogens (tertiary/aromatic N) is 4. The maximum Gasteiger partial charge on any atom is 0.338 e. The first-order valence-electron chi connectivity index (χ1n) is 10.4. The molecule has 31 heavy (non-hydrogen) atoms. The Bertz CT molecular complexity index is 1180. The highest BCUT2D eigenvalue weighted by Gasteiger charge is 2.27. The van der Waals surface area contributed by atoms with Gasteiger partial charge in [-0.05, 0) is 51.0 Å². The van der Waals surface area contributed by atoms with Crippen LogP contribution in [0.15, 0.2) is 24.3 Å². The van der Waals surface area contributed by atoms with Gasteiger partial charge < -0.3 is 15.0 Å². The van der Waals surface area contributed by atoms with E-state index in [0.717, 1.165) is 59.1 Å². The predicted molar refractivity (Wildman–Crippen MR) is 118 cm³/mol. The molecule has 162 valence electrons. The van der Waals surface area contributed by atoms with Gasteiger partial charge in [0.1, 0.15) is 0 Å². The van der Waals surface area contributed by atoms with Crippen LogP contribution >= 0.6 is 0 Å². The number of carbonyl (C=O) groups is 2. The van der Waals surface area contributed by atoms with Gasteiger partial charge in [-0.3, -0.25) is 4.79 Å². The van der Waals surface area contributed by atoms with Crippen molar-refractivity contribution in [1.29, 1.82) is 0 Å². The fourth-order valence-corrected chi connectivity index (χ4v) is 4.33. The third kappa shape index (κ3) is 3.85. The molecule has 1 atom stereocenters. The molecule has 0 saturated carbocycles. The van der Waals surface area contributed by atoms with Gasteiger partial charge >= 0.3 is 5.97 Å². The molecule has 1 amide bonds. The number of rotatable bonds is 4. The molecule has 1 fully saturated rings. The summed E-state index contributed by atoms with van der Waals surface area (Å²) in [6.45, 7) is 8.97. The Morgan fingerprint density at radius 1 is 1.19 bits per heavy atom. The fourth-order valence-electron chi connectivity index (χ4n) is 4.33. The molecule has 0 radical (unpaired) electrons. The second-order valence-corrected chi connectivity index (χ2v) is 8.11. The fraction of sp³-hybridized carbons (Fsp3) is 0.391. The molecule has 8 heteroatoms. The molecular weight excluding hydrogens is 394 g/mol. The summed E-state index contributed by atoms with van der Waals surface area (Å²) < 4.78 is 6.75. The minimum Gasteiger partial charge on any atom is -0.465 e. The summed E-state index contributed by atoms with van der Waals surface area (Å²) in [5.41, 5.74) is 6.77. The van der Waals surface area contributed by atoms with Crippen molar-refractivity contribution in [3.05, 3.63) is 46.8 Å². The average molecular weight is 422 g/mol. The first-order valence-corrected chi connectivity index (χ1v) is 10.4. The molecule has 1 aliphatic rings. The Labute approximate surface area is 181 Å². The molecule has 1 saturated heterocycles.